The van der Waals surface area contributed by atoms with Crippen LogP contribution in [0.4, 0.5) is 4.79 Å². The van der Waals surface area contributed by atoms with Gasteiger partial charge in [-0.25, -0.2) is 9.59 Å². The van der Waals surface area contributed by atoms with Gasteiger partial charge < -0.3 is 19.5 Å². The molecule has 0 aromatic heterocycles. The molecule has 0 unspecified atom stereocenters. The van der Waals surface area contributed by atoms with Crippen LogP contribution in [0.25, 0.3) is 0 Å². The second-order valence-electron chi connectivity index (χ2n) is 6.73. The summed E-state index contributed by atoms with van der Waals surface area (Å²) in [5.41, 5.74) is 0.705. The van der Waals surface area contributed by atoms with Crippen molar-refractivity contribution < 1.29 is 28.6 Å². The fourth-order valence-corrected chi connectivity index (χ4v) is 2.97. The van der Waals surface area contributed by atoms with E-state index in [1.165, 1.54) is 7.05 Å². The highest BCUT2D eigenvalue weighted by molar-refractivity contribution is 5.99. The monoisotopic (exact) mass is 412 g/mol. The van der Waals surface area contributed by atoms with E-state index in [0.717, 1.165) is 19.4 Å². The number of ether oxygens (including phenoxy) is 3. The molecule has 0 radical (unpaired) electrons. The molecule has 2 atom stereocenters. The molecule has 0 spiro atoms. The Labute approximate surface area is 174 Å². The van der Waals surface area contributed by atoms with E-state index in [1.807, 2.05) is 0 Å². The number of esters is 1. The third-order valence-electron chi connectivity index (χ3n) is 4.58. The maximum atomic E-state index is 12.6. The maximum absolute atomic E-state index is 12.6. The number of nitrogens with one attached hydrogen (secondary N) is 2. The molecule has 3 amide bonds. The predicted octanol–water partition coefficient (Wildman–Crippen LogP) is 2.60. The standard InChI is InChI=1S/C22H24N2O6/c1-23-22(27)24-20(25)19(15-6-3-2-4-7-15)30-21(26)16-9-11-17(12-10-16)29-14-18-8-5-13-28-18/h2-4,6-7,9-12,18-19H,5,8,13-14H2,1H3,(H2,23,24,25,27)/t18-,19-/m0/s1. The van der Waals surface area contributed by atoms with Crippen LogP contribution in [0.2, 0.25) is 0 Å². The van der Waals surface area contributed by atoms with Crippen molar-refractivity contribution in [1.82, 2.24) is 10.6 Å². The SMILES string of the molecule is CNC(=O)NC(=O)[C@@H](OC(=O)c1ccc(OC[C@@H]2CCCO2)cc1)c1ccccc1. The largest absolute Gasteiger partial charge is 0.491 e. The summed E-state index contributed by atoms with van der Waals surface area (Å²) in [7, 11) is 1.38. The predicted molar refractivity (Wildman–Crippen MR) is 108 cm³/mol. The molecule has 0 aliphatic carbocycles. The Bertz CT molecular complexity index is 863. The summed E-state index contributed by atoms with van der Waals surface area (Å²) in [4.78, 5) is 36.6. The van der Waals surface area contributed by atoms with Gasteiger partial charge in [0.25, 0.3) is 5.91 Å². The van der Waals surface area contributed by atoms with Gasteiger partial charge in [0, 0.05) is 19.2 Å². The van der Waals surface area contributed by atoms with Gasteiger partial charge in [-0.2, -0.15) is 0 Å². The number of hydrogen-bond donors (Lipinski definition) is 2. The van der Waals surface area contributed by atoms with Gasteiger partial charge in [-0.05, 0) is 37.1 Å². The summed E-state index contributed by atoms with van der Waals surface area (Å²) >= 11 is 0. The van der Waals surface area contributed by atoms with Crippen LogP contribution in [0.3, 0.4) is 0 Å². The summed E-state index contributed by atoms with van der Waals surface area (Å²) in [5, 5.41) is 4.43. The molecule has 3 rings (SSSR count). The molecule has 1 fully saturated rings. The lowest BCUT2D eigenvalue weighted by Crippen LogP contribution is -2.41. The number of carbonyl (C=O) groups excluding carboxylic acids is 3. The molecule has 1 saturated heterocycles. The fourth-order valence-electron chi connectivity index (χ4n) is 2.97. The first kappa shape index (κ1) is 21.3. The number of imide groups is 1. The van der Waals surface area contributed by atoms with Gasteiger partial charge >= 0.3 is 12.0 Å². The van der Waals surface area contributed by atoms with E-state index < -0.39 is 24.0 Å². The van der Waals surface area contributed by atoms with Crippen molar-refractivity contribution >= 4 is 17.9 Å². The summed E-state index contributed by atoms with van der Waals surface area (Å²) in [6.45, 7) is 1.22. The Morgan fingerprint density at radius 3 is 2.47 bits per heavy atom. The lowest BCUT2D eigenvalue weighted by molar-refractivity contribution is -0.129. The number of rotatable bonds is 7. The van der Waals surface area contributed by atoms with E-state index in [0.29, 0.717) is 17.9 Å². The molecule has 1 heterocycles. The lowest BCUT2D eigenvalue weighted by Gasteiger charge is -2.17. The van der Waals surface area contributed by atoms with Crippen molar-refractivity contribution in [3.8, 4) is 5.75 Å². The molecule has 2 aromatic carbocycles. The first-order valence-corrected chi connectivity index (χ1v) is 9.70. The first-order valence-electron chi connectivity index (χ1n) is 9.70. The fraction of sp³-hybridized carbons (Fsp3) is 0.318. The van der Waals surface area contributed by atoms with Gasteiger partial charge in [0.2, 0.25) is 6.10 Å². The van der Waals surface area contributed by atoms with Crippen LogP contribution in [-0.4, -0.2) is 44.3 Å². The smallest absolute Gasteiger partial charge is 0.339 e. The Kier molecular flexibility index (Phi) is 7.40. The molecule has 158 valence electrons. The van der Waals surface area contributed by atoms with Crippen molar-refractivity contribution in [2.24, 2.45) is 0 Å². The third-order valence-corrected chi connectivity index (χ3v) is 4.58. The van der Waals surface area contributed by atoms with Gasteiger partial charge in [0.15, 0.2) is 0 Å². The summed E-state index contributed by atoms with van der Waals surface area (Å²) < 4.78 is 16.6. The molecule has 1 aliphatic heterocycles. The van der Waals surface area contributed by atoms with Gasteiger partial charge in [-0.3, -0.25) is 10.1 Å². The minimum atomic E-state index is -1.27. The zero-order chi connectivity index (χ0) is 21.3. The quantitative estimate of drug-likeness (QED) is 0.678. The second-order valence-corrected chi connectivity index (χ2v) is 6.73. The van der Waals surface area contributed by atoms with E-state index in [-0.39, 0.29) is 11.7 Å². The molecule has 0 bridgehead atoms. The Hall–Kier alpha value is -3.39. The number of hydrogen-bond acceptors (Lipinski definition) is 6. The third kappa shape index (κ3) is 5.81. The lowest BCUT2D eigenvalue weighted by atomic mass is 10.1. The van der Waals surface area contributed by atoms with E-state index in [9.17, 15) is 14.4 Å². The van der Waals surface area contributed by atoms with Crippen LogP contribution in [0, 0.1) is 0 Å². The normalized spacial score (nSPS) is 16.4. The molecule has 8 heteroatoms. The second kappa shape index (κ2) is 10.4. The van der Waals surface area contributed by atoms with Gasteiger partial charge in [-0.15, -0.1) is 0 Å². The van der Waals surface area contributed by atoms with Gasteiger partial charge in [0.05, 0.1) is 11.7 Å². The maximum Gasteiger partial charge on any atom is 0.339 e. The van der Waals surface area contributed by atoms with E-state index in [4.69, 9.17) is 14.2 Å². The average Bonchev–Trinajstić information content (AvgIpc) is 3.30. The molecular weight excluding hydrogens is 388 g/mol. The van der Waals surface area contributed by atoms with Gasteiger partial charge in [-0.1, -0.05) is 30.3 Å². The van der Waals surface area contributed by atoms with Crippen LogP contribution >= 0.6 is 0 Å². The van der Waals surface area contributed by atoms with Crippen molar-refractivity contribution in [3.63, 3.8) is 0 Å². The Morgan fingerprint density at radius 1 is 1.10 bits per heavy atom. The number of benzene rings is 2. The highest BCUT2D eigenvalue weighted by atomic mass is 16.5. The van der Waals surface area contributed by atoms with Crippen molar-refractivity contribution in [2.45, 2.75) is 25.0 Å². The average molecular weight is 412 g/mol. The van der Waals surface area contributed by atoms with Crippen LogP contribution in [-0.2, 0) is 14.3 Å². The van der Waals surface area contributed by atoms with Gasteiger partial charge in [0.1, 0.15) is 12.4 Å². The molecule has 2 aromatic rings. The highest BCUT2D eigenvalue weighted by Crippen LogP contribution is 2.21. The zero-order valence-electron chi connectivity index (χ0n) is 16.6. The van der Waals surface area contributed by atoms with Crippen LogP contribution in [0.1, 0.15) is 34.9 Å². The summed E-state index contributed by atoms with van der Waals surface area (Å²) in [6, 6.07) is 14.2. The molecular formula is C22H24N2O6. The summed E-state index contributed by atoms with van der Waals surface area (Å²) in [6.07, 6.45) is 0.838. The highest BCUT2D eigenvalue weighted by Gasteiger charge is 2.27. The zero-order valence-corrected chi connectivity index (χ0v) is 16.6. The van der Waals surface area contributed by atoms with E-state index in [1.54, 1.807) is 54.6 Å². The van der Waals surface area contributed by atoms with Crippen LogP contribution < -0.4 is 15.4 Å². The minimum Gasteiger partial charge on any atom is -0.491 e. The Balaban J connectivity index is 1.65. The molecule has 1 aliphatic rings. The van der Waals surface area contributed by atoms with Crippen molar-refractivity contribution in [3.05, 3.63) is 65.7 Å². The topological polar surface area (TPSA) is 103 Å². The van der Waals surface area contributed by atoms with Crippen LogP contribution in [0.5, 0.6) is 5.75 Å². The Morgan fingerprint density at radius 2 is 1.83 bits per heavy atom. The van der Waals surface area contributed by atoms with Crippen molar-refractivity contribution in [2.75, 3.05) is 20.3 Å². The first-order chi connectivity index (χ1) is 14.6. The number of carbonyl (C=O) groups is 3. The van der Waals surface area contributed by atoms with Crippen molar-refractivity contribution in [1.29, 1.82) is 0 Å². The minimum absolute atomic E-state index is 0.0973. The van der Waals surface area contributed by atoms with Crippen LogP contribution in [0.15, 0.2) is 54.6 Å². The van der Waals surface area contributed by atoms with E-state index >= 15 is 0 Å². The molecule has 2 N–H and O–H groups in total. The van der Waals surface area contributed by atoms with E-state index in [2.05, 4.69) is 10.6 Å². The molecule has 30 heavy (non-hydrogen) atoms. The summed E-state index contributed by atoms with van der Waals surface area (Å²) in [5.74, 6) is -0.828. The number of amides is 3. The molecule has 0 saturated carbocycles. The molecule has 8 nitrogen and oxygen atoms in total. The number of urea groups is 1.